The lowest BCUT2D eigenvalue weighted by Crippen LogP contribution is -2.67. The molecule has 18 nitrogen and oxygen atoms in total. The van der Waals surface area contributed by atoms with E-state index in [4.69, 9.17) is 59.6 Å². The molecule has 0 saturated carbocycles. The molecule has 49 heavy (non-hydrogen) atoms. The van der Waals surface area contributed by atoms with Crippen molar-refractivity contribution in [2.75, 3.05) is 27.3 Å². The van der Waals surface area contributed by atoms with Crippen molar-refractivity contribution >= 4 is 70.1 Å². The third kappa shape index (κ3) is 13.0. The summed E-state index contributed by atoms with van der Waals surface area (Å²) in [6, 6.07) is 0. The average Bonchev–Trinajstić information content (AvgIpc) is 2.95. The number of thioether (sulfide) groups is 1. The van der Waals surface area contributed by atoms with Crippen LogP contribution < -0.4 is 0 Å². The molecule has 0 aromatic heterocycles. The number of rotatable bonds is 12. The van der Waals surface area contributed by atoms with Gasteiger partial charge in [0.05, 0.1) is 0 Å². The summed E-state index contributed by atoms with van der Waals surface area (Å²) in [5.41, 5.74) is -1.14. The summed E-state index contributed by atoms with van der Waals surface area (Å²) in [5.74, 6) is -5.73. The number of esters is 7. The quantitative estimate of drug-likeness (QED) is 0.148. The van der Waals surface area contributed by atoms with Crippen molar-refractivity contribution < 1.29 is 80.9 Å². The number of hydrogen-bond donors (Lipinski definition) is 0. The Bertz CT molecular complexity index is 1260. The van der Waals surface area contributed by atoms with E-state index in [2.05, 4.69) is 0 Å². The largest absolute Gasteiger partial charge is 0.463 e. The molecule has 0 amide bonds. The highest BCUT2D eigenvalue weighted by Crippen LogP contribution is 2.38. The van der Waals surface area contributed by atoms with Crippen LogP contribution in [-0.2, 0) is 80.9 Å². The molecule has 0 spiro atoms. The van der Waals surface area contributed by atoms with Crippen LogP contribution in [0.4, 0.5) is 0 Å². The lowest BCUT2D eigenvalue weighted by molar-refractivity contribution is -0.341. The SMILES string of the molecule is CC(=O)OC[C@H]1O[C@@H](O[C@H]2[C@H](OC(C)=O)[C@@H](OC(C)=O)[C@H](SC(=S)N(C)C)O[C@@H]2COC(C)=O)[C@H](OC(C)=O)[C@@H](OC(C)=O)[C@H]1OC(C)=O. The fraction of sp³-hybridized carbons (Fsp3) is 0.724. The topological polar surface area (TPSA) is 215 Å². The minimum absolute atomic E-state index is 0.286. The molecule has 0 unspecified atom stereocenters. The van der Waals surface area contributed by atoms with Crippen molar-refractivity contribution in [1.29, 1.82) is 0 Å². The molecule has 2 aliphatic heterocycles. The molecule has 2 rings (SSSR count). The van der Waals surface area contributed by atoms with Gasteiger partial charge in [-0.2, -0.15) is 0 Å². The van der Waals surface area contributed by atoms with Gasteiger partial charge in [0.25, 0.3) is 0 Å². The standard InChI is InChI=1S/C29H41NO17S2/c1-12(31)38-10-19-21(40-14(3)33)23(41-15(4)34)25(43-17(6)36)27(45-19)47-22-20(11-39-13(2)32)46-28(49-29(48)30(8)9)26(44-18(7)37)24(22)42-16(5)35/h19-28H,10-11H2,1-9H3/t19-,20-,21+,22-,23+,24+,25-,26-,27+,28+/m1/s1. The van der Waals surface area contributed by atoms with Crippen LogP contribution in [0.1, 0.15) is 48.5 Å². The molecule has 276 valence electrons. The van der Waals surface area contributed by atoms with Crippen LogP contribution in [-0.4, -0.2) is 139 Å². The van der Waals surface area contributed by atoms with E-state index in [0.717, 1.165) is 60.2 Å². The molecule has 20 heteroatoms. The minimum Gasteiger partial charge on any atom is -0.463 e. The molecule has 0 bridgehead atoms. The van der Waals surface area contributed by atoms with Crippen LogP contribution in [0.2, 0.25) is 0 Å². The average molecular weight is 740 g/mol. The monoisotopic (exact) mass is 739 g/mol. The first kappa shape index (κ1) is 41.6. The van der Waals surface area contributed by atoms with Gasteiger partial charge in [-0.3, -0.25) is 33.6 Å². The zero-order valence-electron chi connectivity index (χ0n) is 28.4. The maximum Gasteiger partial charge on any atom is 0.303 e. The number of ether oxygens (including phenoxy) is 10. The third-order valence-electron chi connectivity index (χ3n) is 6.47. The molecule has 0 radical (unpaired) electrons. The van der Waals surface area contributed by atoms with E-state index in [0.29, 0.717) is 0 Å². The van der Waals surface area contributed by atoms with Gasteiger partial charge in [0.2, 0.25) is 0 Å². The van der Waals surface area contributed by atoms with E-state index in [-0.39, 0.29) is 4.32 Å². The second-order valence-electron chi connectivity index (χ2n) is 10.9. The Balaban J connectivity index is 2.75. The van der Waals surface area contributed by atoms with E-state index in [1.54, 1.807) is 19.0 Å². The second-order valence-corrected chi connectivity index (χ2v) is 12.7. The van der Waals surface area contributed by atoms with Crippen molar-refractivity contribution in [1.82, 2.24) is 4.90 Å². The maximum atomic E-state index is 12.5. The molecular weight excluding hydrogens is 698 g/mol. The molecular formula is C29H41NO17S2. The summed E-state index contributed by atoms with van der Waals surface area (Å²) in [7, 11) is 3.32. The van der Waals surface area contributed by atoms with Crippen LogP contribution in [0, 0.1) is 0 Å². The molecule has 2 heterocycles. The number of hydrogen-bond acceptors (Lipinski definition) is 19. The highest BCUT2D eigenvalue weighted by molar-refractivity contribution is 8.23. The van der Waals surface area contributed by atoms with Crippen molar-refractivity contribution in [3.63, 3.8) is 0 Å². The number of carbonyl (C=O) groups is 7. The van der Waals surface area contributed by atoms with Gasteiger partial charge >= 0.3 is 41.8 Å². The van der Waals surface area contributed by atoms with Crippen LogP contribution in [0.3, 0.4) is 0 Å². The van der Waals surface area contributed by atoms with E-state index in [1.807, 2.05) is 0 Å². The van der Waals surface area contributed by atoms with Gasteiger partial charge in [-0.05, 0) is 0 Å². The van der Waals surface area contributed by atoms with Crippen molar-refractivity contribution in [3.05, 3.63) is 0 Å². The van der Waals surface area contributed by atoms with Gasteiger partial charge in [-0.25, -0.2) is 0 Å². The van der Waals surface area contributed by atoms with Gasteiger partial charge in [0.15, 0.2) is 42.2 Å². The van der Waals surface area contributed by atoms with E-state index in [9.17, 15) is 33.6 Å². The van der Waals surface area contributed by atoms with Crippen molar-refractivity contribution in [2.45, 2.75) is 109 Å². The van der Waals surface area contributed by atoms with Crippen LogP contribution in [0.15, 0.2) is 0 Å². The molecule has 2 aliphatic rings. The minimum atomic E-state index is -1.77. The Morgan fingerprint density at radius 3 is 1.37 bits per heavy atom. The summed E-state index contributed by atoms with van der Waals surface area (Å²) in [5, 5.41) is 0. The first-order chi connectivity index (χ1) is 22.8. The zero-order chi connectivity index (χ0) is 37.2. The Morgan fingerprint density at radius 1 is 0.551 bits per heavy atom. The number of carbonyl (C=O) groups excluding carboxylic acids is 7. The fourth-order valence-corrected chi connectivity index (χ4v) is 6.01. The molecule has 2 fully saturated rings. The van der Waals surface area contributed by atoms with Crippen molar-refractivity contribution in [2.24, 2.45) is 0 Å². The molecule has 0 aromatic rings. The van der Waals surface area contributed by atoms with E-state index in [1.165, 1.54) is 0 Å². The predicted molar refractivity (Wildman–Crippen MR) is 167 cm³/mol. The maximum absolute atomic E-state index is 12.5. The van der Waals surface area contributed by atoms with Crippen LogP contribution >= 0.6 is 24.0 Å². The Kier molecular flexibility index (Phi) is 16.1. The predicted octanol–water partition coefficient (Wildman–Crippen LogP) is 0.186. The van der Waals surface area contributed by atoms with Gasteiger partial charge in [0, 0.05) is 62.6 Å². The normalized spacial score (nSPS) is 29.3. The first-order valence-corrected chi connectivity index (χ1v) is 16.1. The highest BCUT2D eigenvalue weighted by atomic mass is 32.2. The fourth-order valence-electron chi connectivity index (χ4n) is 4.77. The molecule has 2 saturated heterocycles. The Labute approximate surface area is 291 Å². The summed E-state index contributed by atoms with van der Waals surface area (Å²) in [4.78, 5) is 86.8. The van der Waals surface area contributed by atoms with E-state index < -0.39 is 116 Å². The summed E-state index contributed by atoms with van der Waals surface area (Å²) in [6.07, 6.45) is -13.6. The van der Waals surface area contributed by atoms with Crippen LogP contribution in [0.25, 0.3) is 0 Å². The lowest BCUT2D eigenvalue weighted by Gasteiger charge is -2.48. The number of nitrogens with zero attached hydrogens (tertiary/aromatic N) is 1. The summed E-state index contributed by atoms with van der Waals surface area (Å²) < 4.78 is 56.7. The third-order valence-corrected chi connectivity index (χ3v) is 8.30. The van der Waals surface area contributed by atoms with Crippen LogP contribution in [0.5, 0.6) is 0 Å². The first-order valence-electron chi connectivity index (χ1n) is 14.8. The smallest absolute Gasteiger partial charge is 0.303 e. The molecule has 0 aromatic carbocycles. The Morgan fingerprint density at radius 2 is 0.939 bits per heavy atom. The van der Waals surface area contributed by atoms with Gasteiger partial charge < -0.3 is 52.3 Å². The number of thiocarbonyl (C=S) groups is 1. The molecule has 10 atom stereocenters. The molecule has 0 N–H and O–H groups in total. The van der Waals surface area contributed by atoms with Gasteiger partial charge in [-0.15, -0.1) is 0 Å². The van der Waals surface area contributed by atoms with E-state index >= 15 is 0 Å². The van der Waals surface area contributed by atoms with Gasteiger partial charge in [-0.1, -0.05) is 24.0 Å². The summed E-state index contributed by atoms with van der Waals surface area (Å²) in [6.45, 7) is 6.52. The zero-order valence-corrected chi connectivity index (χ0v) is 30.0. The second kappa shape index (κ2) is 19.0. The Hall–Kier alpha value is -3.59. The lowest BCUT2D eigenvalue weighted by atomic mass is 9.96. The summed E-state index contributed by atoms with van der Waals surface area (Å²) >= 11 is 6.36. The van der Waals surface area contributed by atoms with Crippen molar-refractivity contribution in [3.8, 4) is 0 Å². The highest BCUT2D eigenvalue weighted by Gasteiger charge is 2.57. The molecule has 0 aliphatic carbocycles. The van der Waals surface area contributed by atoms with Gasteiger partial charge in [0.1, 0.15) is 35.8 Å².